The molecule has 6 nitrogen and oxygen atoms in total. The van der Waals surface area contributed by atoms with Gasteiger partial charge in [-0.25, -0.2) is 4.79 Å². The highest BCUT2D eigenvalue weighted by Gasteiger charge is 2.16. The second-order valence-electron chi connectivity index (χ2n) is 6.75. The third-order valence-corrected chi connectivity index (χ3v) is 3.81. The number of nitrogens with one attached hydrogen (secondary N) is 3. The van der Waals surface area contributed by atoms with Gasteiger partial charge in [-0.1, -0.05) is 12.1 Å². The Bertz CT molecular complexity index is 568. The van der Waals surface area contributed by atoms with Crippen LogP contribution in [0.5, 0.6) is 0 Å². The molecule has 1 amide bonds. The number of thioether (sulfide) groups is 1. The Labute approximate surface area is 161 Å². The number of carbonyl (C=O) groups excluding carboxylic acids is 1. The number of benzene rings is 1. The van der Waals surface area contributed by atoms with Gasteiger partial charge in [0.15, 0.2) is 5.96 Å². The summed E-state index contributed by atoms with van der Waals surface area (Å²) in [6, 6.07) is 7.78. The quantitative estimate of drug-likeness (QED) is 0.366. The summed E-state index contributed by atoms with van der Waals surface area (Å²) >= 11 is 1.79. The van der Waals surface area contributed by atoms with Crippen molar-refractivity contribution in [2.24, 2.45) is 4.99 Å². The molecule has 0 atom stereocenters. The lowest BCUT2D eigenvalue weighted by atomic mass is 10.1. The normalized spacial score (nSPS) is 11.8. The molecule has 1 aromatic rings. The average molecular weight is 381 g/mol. The summed E-state index contributed by atoms with van der Waals surface area (Å²) in [5.41, 5.74) is 1.41. The Hall–Kier alpha value is -1.89. The fourth-order valence-electron chi connectivity index (χ4n) is 2.09. The van der Waals surface area contributed by atoms with E-state index in [4.69, 9.17) is 4.74 Å². The van der Waals surface area contributed by atoms with Crippen molar-refractivity contribution in [3.05, 3.63) is 29.8 Å². The van der Waals surface area contributed by atoms with E-state index in [9.17, 15) is 4.79 Å². The number of anilines is 1. The van der Waals surface area contributed by atoms with E-state index in [2.05, 4.69) is 34.1 Å². The Morgan fingerprint density at radius 2 is 1.88 bits per heavy atom. The van der Waals surface area contributed by atoms with Crippen LogP contribution < -0.4 is 16.0 Å². The minimum Gasteiger partial charge on any atom is -0.444 e. The van der Waals surface area contributed by atoms with Crippen LogP contribution in [0, 0.1) is 0 Å². The number of hydrogen-bond acceptors (Lipinski definition) is 4. The smallest absolute Gasteiger partial charge is 0.412 e. The summed E-state index contributed by atoms with van der Waals surface area (Å²) in [6.07, 6.45) is 2.51. The first-order valence-corrected chi connectivity index (χ1v) is 10.3. The summed E-state index contributed by atoms with van der Waals surface area (Å²) in [5.74, 6) is 1.87. The van der Waals surface area contributed by atoms with Crippen molar-refractivity contribution >= 4 is 29.5 Å². The van der Waals surface area contributed by atoms with Crippen LogP contribution in [-0.4, -0.2) is 49.3 Å². The summed E-state index contributed by atoms with van der Waals surface area (Å²) in [4.78, 5) is 16.3. The third kappa shape index (κ3) is 10.2. The molecule has 0 heterocycles. The molecule has 7 heteroatoms. The van der Waals surface area contributed by atoms with Crippen LogP contribution in [0.15, 0.2) is 29.3 Å². The van der Waals surface area contributed by atoms with E-state index in [0.717, 1.165) is 43.5 Å². The topological polar surface area (TPSA) is 74.8 Å². The molecule has 0 aromatic heterocycles. The molecule has 26 heavy (non-hydrogen) atoms. The maximum Gasteiger partial charge on any atom is 0.412 e. The van der Waals surface area contributed by atoms with Gasteiger partial charge < -0.3 is 15.4 Å². The van der Waals surface area contributed by atoms with E-state index in [0.29, 0.717) is 0 Å². The van der Waals surface area contributed by atoms with Crippen LogP contribution in [-0.2, 0) is 11.2 Å². The minimum absolute atomic E-state index is 0.441. The number of aliphatic imine (C=N–C) groups is 1. The fraction of sp³-hybridized carbons (Fsp3) is 0.579. The molecule has 0 aliphatic carbocycles. The molecule has 3 N–H and O–H groups in total. The van der Waals surface area contributed by atoms with Crippen molar-refractivity contribution in [3.63, 3.8) is 0 Å². The van der Waals surface area contributed by atoms with Crippen LogP contribution in [0.25, 0.3) is 0 Å². The number of guanidine groups is 1. The van der Waals surface area contributed by atoms with E-state index in [1.807, 2.05) is 45.0 Å². The van der Waals surface area contributed by atoms with Crippen LogP contribution in [0.1, 0.15) is 33.3 Å². The molecule has 0 unspecified atom stereocenters. The van der Waals surface area contributed by atoms with Gasteiger partial charge in [0.1, 0.15) is 5.60 Å². The maximum atomic E-state index is 11.8. The van der Waals surface area contributed by atoms with E-state index in [-0.39, 0.29) is 0 Å². The Balaban J connectivity index is 2.44. The molecular weight excluding hydrogens is 348 g/mol. The number of amides is 1. The predicted octanol–water partition coefficient (Wildman–Crippen LogP) is 3.49. The molecule has 1 aromatic carbocycles. The van der Waals surface area contributed by atoms with Crippen molar-refractivity contribution in [2.45, 2.75) is 39.7 Å². The molecule has 0 saturated heterocycles. The molecule has 0 radical (unpaired) electrons. The monoisotopic (exact) mass is 380 g/mol. The number of nitrogens with zero attached hydrogens (tertiary/aromatic N) is 1. The largest absolute Gasteiger partial charge is 0.444 e. The molecule has 0 fully saturated rings. The Kier molecular flexibility index (Phi) is 9.95. The highest BCUT2D eigenvalue weighted by molar-refractivity contribution is 7.98. The van der Waals surface area contributed by atoms with Gasteiger partial charge in [-0.3, -0.25) is 10.3 Å². The van der Waals surface area contributed by atoms with Crippen LogP contribution in [0.3, 0.4) is 0 Å². The first-order chi connectivity index (χ1) is 12.3. The van der Waals surface area contributed by atoms with Crippen molar-refractivity contribution in [2.75, 3.05) is 37.0 Å². The number of hydrogen-bond donors (Lipinski definition) is 3. The standard InChI is InChI=1S/C19H32N4O2S/c1-6-20-17(22-13-14-26-5)21-12-11-15-7-9-16(10-8-15)23-18(24)25-19(2,3)4/h7-10H,6,11-14H2,1-5H3,(H,23,24)(H2,20,21,22). The summed E-state index contributed by atoms with van der Waals surface area (Å²) in [5, 5.41) is 9.32. The molecule has 146 valence electrons. The van der Waals surface area contributed by atoms with Crippen molar-refractivity contribution in [1.29, 1.82) is 0 Å². The first kappa shape index (κ1) is 22.2. The average Bonchev–Trinajstić information content (AvgIpc) is 2.55. The fourth-order valence-corrected chi connectivity index (χ4v) is 2.37. The van der Waals surface area contributed by atoms with E-state index >= 15 is 0 Å². The third-order valence-electron chi connectivity index (χ3n) is 3.21. The highest BCUT2D eigenvalue weighted by Crippen LogP contribution is 2.13. The molecular formula is C19H32N4O2S. The van der Waals surface area contributed by atoms with E-state index in [1.165, 1.54) is 5.56 Å². The molecule has 0 bridgehead atoms. The highest BCUT2D eigenvalue weighted by atomic mass is 32.2. The summed E-state index contributed by atoms with van der Waals surface area (Å²) in [7, 11) is 0. The second kappa shape index (κ2) is 11.7. The molecule has 0 saturated carbocycles. The zero-order valence-electron chi connectivity index (χ0n) is 16.5. The van der Waals surface area contributed by atoms with Gasteiger partial charge in [0.05, 0.1) is 6.54 Å². The summed E-state index contributed by atoms with van der Waals surface area (Å²) < 4.78 is 5.24. The van der Waals surface area contributed by atoms with Crippen molar-refractivity contribution < 1.29 is 9.53 Å². The van der Waals surface area contributed by atoms with Gasteiger partial charge in [0.25, 0.3) is 0 Å². The lowest BCUT2D eigenvalue weighted by Crippen LogP contribution is -2.38. The SMILES string of the molecule is CCNC(=NCCSC)NCCc1ccc(NC(=O)OC(C)(C)C)cc1. The van der Waals surface area contributed by atoms with E-state index < -0.39 is 11.7 Å². The van der Waals surface area contributed by atoms with Crippen LogP contribution >= 0.6 is 11.8 Å². The maximum absolute atomic E-state index is 11.8. The van der Waals surface area contributed by atoms with Gasteiger partial charge >= 0.3 is 6.09 Å². The minimum atomic E-state index is -0.503. The summed E-state index contributed by atoms with van der Waals surface area (Å²) in [6.45, 7) is 10.0. The number of ether oxygens (including phenoxy) is 1. The molecule has 0 aliphatic heterocycles. The first-order valence-electron chi connectivity index (χ1n) is 8.94. The molecule has 0 spiro atoms. The predicted molar refractivity (Wildman–Crippen MR) is 112 cm³/mol. The number of rotatable bonds is 8. The Morgan fingerprint density at radius 1 is 1.19 bits per heavy atom. The lowest BCUT2D eigenvalue weighted by molar-refractivity contribution is 0.0636. The van der Waals surface area contributed by atoms with Gasteiger partial charge in [0.2, 0.25) is 0 Å². The second-order valence-corrected chi connectivity index (χ2v) is 7.74. The van der Waals surface area contributed by atoms with Crippen LogP contribution in [0.2, 0.25) is 0 Å². The molecule has 0 aliphatic rings. The number of carbonyl (C=O) groups is 1. The zero-order chi connectivity index (χ0) is 19.4. The van der Waals surface area contributed by atoms with Gasteiger partial charge in [-0.2, -0.15) is 11.8 Å². The van der Waals surface area contributed by atoms with E-state index in [1.54, 1.807) is 11.8 Å². The van der Waals surface area contributed by atoms with Crippen molar-refractivity contribution in [1.82, 2.24) is 10.6 Å². The van der Waals surface area contributed by atoms with Gasteiger partial charge in [0, 0.05) is 24.5 Å². The lowest BCUT2D eigenvalue weighted by Gasteiger charge is -2.19. The Morgan fingerprint density at radius 3 is 2.46 bits per heavy atom. The molecule has 1 rings (SSSR count). The zero-order valence-corrected chi connectivity index (χ0v) is 17.3. The van der Waals surface area contributed by atoms with Gasteiger partial charge in [-0.15, -0.1) is 0 Å². The van der Waals surface area contributed by atoms with Gasteiger partial charge in [-0.05, 0) is 58.1 Å². The van der Waals surface area contributed by atoms with Crippen LogP contribution in [0.4, 0.5) is 10.5 Å². The van der Waals surface area contributed by atoms with Crippen molar-refractivity contribution in [3.8, 4) is 0 Å².